The van der Waals surface area contributed by atoms with Crippen molar-refractivity contribution < 1.29 is 27.9 Å². The summed E-state index contributed by atoms with van der Waals surface area (Å²) < 4.78 is 31.7. The number of hydrogen-bond donors (Lipinski definition) is 2. The van der Waals surface area contributed by atoms with Gasteiger partial charge < -0.3 is 15.3 Å². The van der Waals surface area contributed by atoms with Gasteiger partial charge in [-0.2, -0.15) is 13.2 Å². The molecule has 10 heteroatoms. The first-order valence-corrected chi connectivity index (χ1v) is 6.41. The van der Waals surface area contributed by atoms with Gasteiger partial charge in [0.15, 0.2) is 0 Å². The number of carbonyl (C=O) groups excluding carboxylic acids is 1. The second kappa shape index (κ2) is 6.16. The molecule has 0 aliphatic carbocycles. The molecule has 1 amide bonds. The lowest BCUT2D eigenvalue weighted by atomic mass is 10.1. The SMILES string of the molecule is O=C(O)C(F)(F)F.O=C1CC2C(CCN2c2cnccn2)N1. The summed E-state index contributed by atoms with van der Waals surface area (Å²) in [6.07, 6.45) is 1.61. The molecular weight excluding hydrogens is 305 g/mol. The lowest BCUT2D eigenvalue weighted by molar-refractivity contribution is -0.192. The summed E-state index contributed by atoms with van der Waals surface area (Å²) in [5.41, 5.74) is 0. The number of carboxylic acid groups (broad SMARTS) is 1. The Morgan fingerprint density at radius 3 is 2.64 bits per heavy atom. The van der Waals surface area contributed by atoms with Gasteiger partial charge in [-0.25, -0.2) is 9.78 Å². The Hall–Kier alpha value is -2.39. The van der Waals surface area contributed by atoms with Gasteiger partial charge in [-0.15, -0.1) is 0 Å². The highest BCUT2D eigenvalue weighted by molar-refractivity contribution is 5.81. The highest BCUT2D eigenvalue weighted by atomic mass is 19.4. The quantitative estimate of drug-likeness (QED) is 0.786. The van der Waals surface area contributed by atoms with Gasteiger partial charge in [0.1, 0.15) is 5.82 Å². The van der Waals surface area contributed by atoms with Crippen LogP contribution in [0.3, 0.4) is 0 Å². The summed E-state index contributed by atoms with van der Waals surface area (Å²) >= 11 is 0. The number of fused-ring (bicyclic) bond motifs is 1. The number of anilines is 1. The van der Waals surface area contributed by atoms with Crippen LogP contribution in [0.5, 0.6) is 0 Å². The van der Waals surface area contributed by atoms with Gasteiger partial charge in [-0.1, -0.05) is 0 Å². The topological polar surface area (TPSA) is 95.4 Å². The van der Waals surface area contributed by atoms with E-state index in [1.54, 1.807) is 18.6 Å². The van der Waals surface area contributed by atoms with E-state index in [2.05, 4.69) is 20.2 Å². The molecule has 2 aliphatic heterocycles. The second-order valence-corrected chi connectivity index (χ2v) is 4.79. The van der Waals surface area contributed by atoms with Gasteiger partial charge in [0, 0.05) is 25.4 Å². The van der Waals surface area contributed by atoms with Crippen molar-refractivity contribution in [2.24, 2.45) is 0 Å². The lowest BCUT2D eigenvalue weighted by Crippen LogP contribution is -2.34. The third-order valence-electron chi connectivity index (χ3n) is 3.37. The van der Waals surface area contributed by atoms with Crippen LogP contribution in [-0.2, 0) is 9.59 Å². The van der Waals surface area contributed by atoms with Gasteiger partial charge >= 0.3 is 12.1 Å². The summed E-state index contributed by atoms with van der Waals surface area (Å²) in [5, 5.41) is 10.1. The number of carboxylic acids is 1. The average molecular weight is 318 g/mol. The molecule has 2 fully saturated rings. The summed E-state index contributed by atoms with van der Waals surface area (Å²) in [6.45, 7) is 0.953. The molecule has 0 saturated carbocycles. The Morgan fingerprint density at radius 2 is 2.09 bits per heavy atom. The molecule has 2 atom stereocenters. The molecule has 0 aromatic carbocycles. The highest BCUT2D eigenvalue weighted by Crippen LogP contribution is 2.28. The van der Waals surface area contributed by atoms with Gasteiger partial charge in [0.05, 0.1) is 18.3 Å². The van der Waals surface area contributed by atoms with E-state index in [0.717, 1.165) is 18.8 Å². The first-order valence-electron chi connectivity index (χ1n) is 6.41. The molecule has 2 aliphatic rings. The third-order valence-corrected chi connectivity index (χ3v) is 3.37. The molecule has 3 heterocycles. The summed E-state index contributed by atoms with van der Waals surface area (Å²) in [5.74, 6) is -1.73. The predicted molar refractivity (Wildman–Crippen MR) is 68.0 cm³/mol. The maximum absolute atomic E-state index is 11.3. The molecule has 0 spiro atoms. The second-order valence-electron chi connectivity index (χ2n) is 4.79. The third kappa shape index (κ3) is 3.62. The minimum absolute atomic E-state index is 0.151. The minimum atomic E-state index is -5.08. The number of carbonyl (C=O) groups is 2. The number of rotatable bonds is 1. The van der Waals surface area contributed by atoms with E-state index in [1.807, 2.05) is 0 Å². The monoisotopic (exact) mass is 318 g/mol. The fourth-order valence-electron chi connectivity index (χ4n) is 2.45. The number of aliphatic carboxylic acids is 1. The molecule has 1 aromatic rings. The molecule has 3 rings (SSSR count). The number of nitrogens with one attached hydrogen (secondary N) is 1. The smallest absolute Gasteiger partial charge is 0.475 e. The van der Waals surface area contributed by atoms with Crippen LogP contribution in [0.15, 0.2) is 18.6 Å². The summed E-state index contributed by atoms with van der Waals surface area (Å²) in [6, 6.07) is 0.578. The normalized spacial score (nSPS) is 23.4. The number of nitrogens with zero attached hydrogens (tertiary/aromatic N) is 3. The van der Waals surface area contributed by atoms with Crippen LogP contribution in [0, 0.1) is 0 Å². The maximum atomic E-state index is 11.3. The van der Waals surface area contributed by atoms with E-state index in [9.17, 15) is 18.0 Å². The fourth-order valence-corrected chi connectivity index (χ4v) is 2.45. The molecular formula is C12H13F3N4O3. The van der Waals surface area contributed by atoms with Crippen LogP contribution in [0.2, 0.25) is 0 Å². The van der Waals surface area contributed by atoms with Crippen molar-refractivity contribution in [3.63, 3.8) is 0 Å². The highest BCUT2D eigenvalue weighted by Gasteiger charge is 2.41. The maximum Gasteiger partial charge on any atom is 0.490 e. The van der Waals surface area contributed by atoms with Gasteiger partial charge in [-0.05, 0) is 6.42 Å². The summed E-state index contributed by atoms with van der Waals surface area (Å²) in [4.78, 5) is 30.7. The molecule has 0 radical (unpaired) electrons. The molecule has 2 N–H and O–H groups in total. The zero-order valence-corrected chi connectivity index (χ0v) is 11.2. The average Bonchev–Trinajstić information content (AvgIpc) is 2.98. The Kier molecular flexibility index (Phi) is 4.48. The zero-order valence-electron chi connectivity index (χ0n) is 11.2. The van der Waals surface area contributed by atoms with E-state index < -0.39 is 12.1 Å². The fraction of sp³-hybridized carbons (Fsp3) is 0.500. The van der Waals surface area contributed by atoms with Crippen LogP contribution >= 0.6 is 0 Å². The van der Waals surface area contributed by atoms with Crippen LogP contribution in [0.25, 0.3) is 0 Å². The lowest BCUT2D eigenvalue weighted by Gasteiger charge is -2.22. The number of alkyl halides is 3. The molecule has 2 saturated heterocycles. The van der Waals surface area contributed by atoms with E-state index in [4.69, 9.17) is 9.90 Å². The number of amides is 1. The van der Waals surface area contributed by atoms with Crippen molar-refractivity contribution in [2.45, 2.75) is 31.1 Å². The Bertz CT molecular complexity index is 552. The largest absolute Gasteiger partial charge is 0.490 e. The molecule has 22 heavy (non-hydrogen) atoms. The summed E-state index contributed by atoms with van der Waals surface area (Å²) in [7, 11) is 0. The first-order chi connectivity index (χ1) is 10.3. The zero-order chi connectivity index (χ0) is 16.3. The number of aromatic nitrogens is 2. The molecule has 0 bridgehead atoms. The standard InChI is InChI=1S/C10H12N4O.C2HF3O2/c15-10-5-8-7(13-10)1-4-14(8)9-6-11-2-3-12-9;3-2(4,5)1(6)7/h2-3,6-8H,1,4-5H2,(H,13,15);(H,6,7). The minimum Gasteiger partial charge on any atom is -0.475 e. The van der Waals surface area contributed by atoms with E-state index in [0.29, 0.717) is 12.5 Å². The van der Waals surface area contributed by atoms with Crippen LogP contribution < -0.4 is 10.2 Å². The van der Waals surface area contributed by atoms with Crippen molar-refractivity contribution in [1.29, 1.82) is 0 Å². The van der Waals surface area contributed by atoms with E-state index in [1.165, 1.54) is 0 Å². The Morgan fingerprint density at radius 1 is 1.41 bits per heavy atom. The van der Waals surface area contributed by atoms with Crippen molar-refractivity contribution >= 4 is 17.7 Å². The van der Waals surface area contributed by atoms with Crippen molar-refractivity contribution in [3.8, 4) is 0 Å². The Balaban J connectivity index is 0.000000217. The molecule has 2 unspecified atom stereocenters. The molecule has 7 nitrogen and oxygen atoms in total. The van der Waals surface area contributed by atoms with Gasteiger partial charge in [-0.3, -0.25) is 9.78 Å². The van der Waals surface area contributed by atoms with Crippen LogP contribution in [0.4, 0.5) is 19.0 Å². The van der Waals surface area contributed by atoms with Crippen molar-refractivity contribution in [2.75, 3.05) is 11.4 Å². The number of halogens is 3. The van der Waals surface area contributed by atoms with E-state index >= 15 is 0 Å². The van der Waals surface area contributed by atoms with E-state index in [-0.39, 0.29) is 11.9 Å². The predicted octanol–water partition coefficient (Wildman–Crippen LogP) is 0.577. The number of hydrogen-bond acceptors (Lipinski definition) is 5. The van der Waals surface area contributed by atoms with Crippen LogP contribution in [-0.4, -0.2) is 51.8 Å². The van der Waals surface area contributed by atoms with Crippen molar-refractivity contribution in [3.05, 3.63) is 18.6 Å². The first kappa shape index (κ1) is 16.0. The van der Waals surface area contributed by atoms with Crippen LogP contribution in [0.1, 0.15) is 12.8 Å². The molecule has 120 valence electrons. The van der Waals surface area contributed by atoms with Gasteiger partial charge in [0.2, 0.25) is 5.91 Å². The molecule has 1 aromatic heterocycles. The van der Waals surface area contributed by atoms with Gasteiger partial charge in [0.25, 0.3) is 0 Å². The van der Waals surface area contributed by atoms with Crippen molar-refractivity contribution in [1.82, 2.24) is 15.3 Å². The Labute approximate surface area is 123 Å².